The number of carbonyl (C=O) groups is 1. The molecule has 0 radical (unpaired) electrons. The van der Waals surface area contributed by atoms with Crippen molar-refractivity contribution in [2.45, 2.75) is 20.4 Å². The molecule has 0 aliphatic carbocycles. The first-order valence-electron chi connectivity index (χ1n) is 7.20. The summed E-state index contributed by atoms with van der Waals surface area (Å²) >= 11 is 0. The number of aryl methyl sites for hydroxylation is 2. The van der Waals surface area contributed by atoms with E-state index >= 15 is 0 Å². The molecule has 2 aromatic rings. The predicted molar refractivity (Wildman–Crippen MR) is 83.3 cm³/mol. The Morgan fingerprint density at radius 1 is 1.14 bits per heavy atom. The lowest BCUT2D eigenvalue weighted by molar-refractivity contribution is 0.0954. The molecule has 1 aromatic carbocycles. The largest absolute Gasteiger partial charge is 0.351 e. The highest BCUT2D eigenvalue weighted by molar-refractivity contribution is 5.94. The Morgan fingerprint density at radius 3 is 2.57 bits per heavy atom. The summed E-state index contributed by atoms with van der Waals surface area (Å²) in [6.45, 7) is 7.12. The molecule has 1 aromatic heterocycles. The third kappa shape index (κ3) is 4.72. The van der Waals surface area contributed by atoms with Crippen molar-refractivity contribution in [1.82, 2.24) is 20.2 Å². The summed E-state index contributed by atoms with van der Waals surface area (Å²) in [5, 5.41) is 6.21. The number of hydrogen-bond acceptors (Lipinski definition) is 3. The SMILES string of the molecule is Cc1ccc(C(=O)NCCNCCn2ccnc2C)cc1. The van der Waals surface area contributed by atoms with Gasteiger partial charge in [-0.2, -0.15) is 0 Å². The van der Waals surface area contributed by atoms with Crippen molar-refractivity contribution in [3.8, 4) is 0 Å². The van der Waals surface area contributed by atoms with Crippen molar-refractivity contribution < 1.29 is 4.79 Å². The van der Waals surface area contributed by atoms with Gasteiger partial charge in [0.25, 0.3) is 5.91 Å². The quantitative estimate of drug-likeness (QED) is 0.759. The molecule has 0 aliphatic rings. The summed E-state index contributed by atoms with van der Waals surface area (Å²) in [5.74, 6) is 0.992. The fraction of sp³-hybridized carbons (Fsp3) is 0.375. The minimum absolute atomic E-state index is 0.0257. The second-order valence-electron chi connectivity index (χ2n) is 5.04. The molecule has 1 amide bonds. The second-order valence-corrected chi connectivity index (χ2v) is 5.04. The van der Waals surface area contributed by atoms with E-state index in [1.165, 1.54) is 0 Å². The number of imidazole rings is 1. The van der Waals surface area contributed by atoms with Gasteiger partial charge in [0.15, 0.2) is 0 Å². The lowest BCUT2D eigenvalue weighted by Crippen LogP contribution is -2.33. The minimum Gasteiger partial charge on any atom is -0.351 e. The number of amides is 1. The normalized spacial score (nSPS) is 10.6. The van der Waals surface area contributed by atoms with Gasteiger partial charge in [0, 0.05) is 44.1 Å². The Balaban J connectivity index is 1.60. The summed E-state index contributed by atoms with van der Waals surface area (Å²) in [5.41, 5.74) is 1.86. The number of aromatic nitrogens is 2. The number of nitrogens with zero attached hydrogens (tertiary/aromatic N) is 2. The summed E-state index contributed by atoms with van der Waals surface area (Å²) in [6.07, 6.45) is 3.77. The average Bonchev–Trinajstić information content (AvgIpc) is 2.88. The van der Waals surface area contributed by atoms with Gasteiger partial charge < -0.3 is 15.2 Å². The monoisotopic (exact) mass is 286 g/mol. The number of nitrogens with one attached hydrogen (secondary N) is 2. The van der Waals surface area contributed by atoms with E-state index in [1.54, 1.807) is 6.20 Å². The molecule has 0 atom stereocenters. The first-order chi connectivity index (χ1) is 10.2. The van der Waals surface area contributed by atoms with Gasteiger partial charge in [-0.3, -0.25) is 4.79 Å². The third-order valence-corrected chi connectivity index (χ3v) is 3.35. The maximum atomic E-state index is 11.9. The fourth-order valence-corrected chi connectivity index (χ4v) is 2.04. The van der Waals surface area contributed by atoms with Crippen LogP contribution in [0.4, 0.5) is 0 Å². The number of rotatable bonds is 7. The zero-order chi connectivity index (χ0) is 15.1. The number of hydrogen-bond donors (Lipinski definition) is 2. The molecule has 21 heavy (non-hydrogen) atoms. The van der Waals surface area contributed by atoms with E-state index in [0.29, 0.717) is 12.1 Å². The minimum atomic E-state index is -0.0257. The summed E-state index contributed by atoms with van der Waals surface area (Å²) in [4.78, 5) is 16.0. The van der Waals surface area contributed by atoms with Crippen molar-refractivity contribution in [1.29, 1.82) is 0 Å². The highest BCUT2D eigenvalue weighted by Gasteiger charge is 2.03. The first kappa shape index (κ1) is 15.3. The van der Waals surface area contributed by atoms with E-state index in [4.69, 9.17) is 0 Å². The maximum absolute atomic E-state index is 11.9. The van der Waals surface area contributed by atoms with Crippen LogP contribution in [0.25, 0.3) is 0 Å². The summed E-state index contributed by atoms with van der Waals surface area (Å²) < 4.78 is 2.10. The van der Waals surface area contributed by atoms with Crippen LogP contribution in [0, 0.1) is 13.8 Å². The van der Waals surface area contributed by atoms with Gasteiger partial charge in [-0.15, -0.1) is 0 Å². The second kappa shape index (κ2) is 7.59. The molecule has 2 N–H and O–H groups in total. The van der Waals surface area contributed by atoms with Crippen molar-refractivity contribution >= 4 is 5.91 Å². The van der Waals surface area contributed by atoms with Crippen LogP contribution in [0.1, 0.15) is 21.7 Å². The molecule has 0 aliphatic heterocycles. The van der Waals surface area contributed by atoms with Crippen LogP contribution < -0.4 is 10.6 Å². The molecule has 0 saturated carbocycles. The lowest BCUT2D eigenvalue weighted by atomic mass is 10.1. The molecule has 1 heterocycles. The zero-order valence-electron chi connectivity index (χ0n) is 12.6. The summed E-state index contributed by atoms with van der Waals surface area (Å²) in [7, 11) is 0. The molecule has 0 fully saturated rings. The van der Waals surface area contributed by atoms with Crippen molar-refractivity contribution in [3.63, 3.8) is 0 Å². The molecule has 0 spiro atoms. The van der Waals surface area contributed by atoms with Gasteiger partial charge in [-0.25, -0.2) is 4.98 Å². The number of benzene rings is 1. The summed E-state index contributed by atoms with van der Waals surface area (Å²) in [6, 6.07) is 7.58. The number of carbonyl (C=O) groups excluding carboxylic acids is 1. The molecular weight excluding hydrogens is 264 g/mol. The molecule has 2 rings (SSSR count). The van der Waals surface area contributed by atoms with Crippen LogP contribution in [-0.2, 0) is 6.54 Å². The Hall–Kier alpha value is -2.14. The third-order valence-electron chi connectivity index (χ3n) is 3.35. The van der Waals surface area contributed by atoms with Crippen LogP contribution >= 0.6 is 0 Å². The molecule has 5 heteroatoms. The Kier molecular flexibility index (Phi) is 5.51. The molecular formula is C16H22N4O. The van der Waals surface area contributed by atoms with Gasteiger partial charge in [-0.1, -0.05) is 17.7 Å². The smallest absolute Gasteiger partial charge is 0.251 e. The highest BCUT2D eigenvalue weighted by Crippen LogP contribution is 2.02. The van der Waals surface area contributed by atoms with Crippen molar-refractivity contribution in [2.75, 3.05) is 19.6 Å². The van der Waals surface area contributed by atoms with Gasteiger partial charge in [-0.05, 0) is 26.0 Å². The molecule has 5 nitrogen and oxygen atoms in total. The molecule has 0 unspecified atom stereocenters. The maximum Gasteiger partial charge on any atom is 0.251 e. The van der Waals surface area contributed by atoms with Crippen LogP contribution in [0.15, 0.2) is 36.7 Å². The van der Waals surface area contributed by atoms with Crippen LogP contribution in [-0.4, -0.2) is 35.1 Å². The van der Waals surface area contributed by atoms with Gasteiger partial charge in [0.05, 0.1) is 0 Å². The standard InChI is InChI=1S/C16H22N4O/c1-13-3-5-15(6-4-13)16(21)19-8-7-17-9-11-20-12-10-18-14(20)2/h3-6,10,12,17H,7-9,11H2,1-2H3,(H,19,21). The Labute approximate surface area is 125 Å². The van der Waals surface area contributed by atoms with E-state index < -0.39 is 0 Å². The van der Waals surface area contributed by atoms with E-state index in [1.807, 2.05) is 44.3 Å². The lowest BCUT2D eigenvalue weighted by Gasteiger charge is -2.08. The van der Waals surface area contributed by atoms with Gasteiger partial charge in [0.1, 0.15) is 5.82 Å². The zero-order valence-corrected chi connectivity index (χ0v) is 12.6. The highest BCUT2D eigenvalue weighted by atomic mass is 16.1. The fourth-order valence-electron chi connectivity index (χ4n) is 2.04. The first-order valence-corrected chi connectivity index (χ1v) is 7.20. The van der Waals surface area contributed by atoms with E-state index in [9.17, 15) is 4.79 Å². The van der Waals surface area contributed by atoms with E-state index in [2.05, 4.69) is 20.2 Å². The van der Waals surface area contributed by atoms with Crippen molar-refractivity contribution in [3.05, 3.63) is 53.6 Å². The van der Waals surface area contributed by atoms with E-state index in [-0.39, 0.29) is 5.91 Å². The Morgan fingerprint density at radius 2 is 1.90 bits per heavy atom. The van der Waals surface area contributed by atoms with Gasteiger partial charge >= 0.3 is 0 Å². The molecule has 0 saturated heterocycles. The van der Waals surface area contributed by atoms with E-state index in [0.717, 1.165) is 31.0 Å². The average molecular weight is 286 g/mol. The van der Waals surface area contributed by atoms with Crippen LogP contribution in [0.5, 0.6) is 0 Å². The van der Waals surface area contributed by atoms with Crippen LogP contribution in [0.3, 0.4) is 0 Å². The topological polar surface area (TPSA) is 59.0 Å². The van der Waals surface area contributed by atoms with Crippen LogP contribution in [0.2, 0.25) is 0 Å². The molecule has 0 bridgehead atoms. The predicted octanol–water partition coefficient (Wildman–Crippen LogP) is 1.52. The molecule has 112 valence electrons. The van der Waals surface area contributed by atoms with Gasteiger partial charge in [0.2, 0.25) is 0 Å². The van der Waals surface area contributed by atoms with Crippen molar-refractivity contribution in [2.24, 2.45) is 0 Å². The Bertz CT molecular complexity index is 574.